The van der Waals surface area contributed by atoms with Gasteiger partial charge in [-0.05, 0) is 29.6 Å². The first-order valence-electron chi connectivity index (χ1n) is 6.78. The van der Waals surface area contributed by atoms with Gasteiger partial charge in [-0.15, -0.1) is 11.3 Å². The van der Waals surface area contributed by atoms with Crippen LogP contribution in [0.1, 0.15) is 16.1 Å². The maximum atomic E-state index is 12.3. The van der Waals surface area contributed by atoms with Crippen LogP contribution in [0, 0.1) is 0 Å². The van der Waals surface area contributed by atoms with Gasteiger partial charge in [-0.1, -0.05) is 0 Å². The summed E-state index contributed by atoms with van der Waals surface area (Å²) < 4.78 is 5.14. The number of rotatable bonds is 5. The first-order valence-corrected chi connectivity index (χ1v) is 8.60. The standard InChI is InChI=1S/C16H14N2O3S2/c1-21-14-3-2-12(6-11(14)7-19)17-15(20)13-9-23-16(18-13)10-4-5-22-8-10/h2-6,8-9,19H,7H2,1H3,(H,17,20). The van der Waals surface area contributed by atoms with Gasteiger partial charge in [0.15, 0.2) is 0 Å². The Hall–Kier alpha value is -2.22. The van der Waals surface area contributed by atoms with E-state index in [0.29, 0.717) is 22.7 Å². The van der Waals surface area contributed by atoms with Crippen molar-refractivity contribution in [1.82, 2.24) is 4.98 Å². The molecule has 1 aromatic carbocycles. The zero-order valence-corrected chi connectivity index (χ0v) is 13.9. The third-order valence-electron chi connectivity index (χ3n) is 3.21. The second-order valence-electron chi connectivity index (χ2n) is 4.69. The molecule has 2 heterocycles. The highest BCUT2D eigenvalue weighted by molar-refractivity contribution is 7.14. The lowest BCUT2D eigenvalue weighted by atomic mass is 10.2. The smallest absolute Gasteiger partial charge is 0.275 e. The number of thiazole rings is 1. The lowest BCUT2D eigenvalue weighted by molar-refractivity contribution is 0.102. The van der Waals surface area contributed by atoms with Gasteiger partial charge in [-0.25, -0.2) is 4.98 Å². The van der Waals surface area contributed by atoms with E-state index in [0.717, 1.165) is 10.6 Å². The quantitative estimate of drug-likeness (QED) is 0.740. The van der Waals surface area contributed by atoms with Gasteiger partial charge < -0.3 is 15.2 Å². The maximum absolute atomic E-state index is 12.3. The molecule has 118 valence electrons. The number of nitrogens with zero attached hydrogens (tertiary/aromatic N) is 1. The Bertz CT molecular complexity index is 813. The number of ether oxygens (including phenoxy) is 1. The molecular formula is C16H14N2O3S2. The average Bonchev–Trinajstić information content (AvgIpc) is 3.25. The Labute approximate surface area is 141 Å². The normalized spacial score (nSPS) is 10.5. The van der Waals surface area contributed by atoms with Crippen LogP contribution in [0.3, 0.4) is 0 Å². The molecule has 3 rings (SSSR count). The van der Waals surface area contributed by atoms with Gasteiger partial charge in [0.25, 0.3) is 5.91 Å². The minimum atomic E-state index is -0.281. The molecule has 0 atom stereocenters. The number of nitrogens with one attached hydrogen (secondary N) is 1. The minimum absolute atomic E-state index is 0.161. The second kappa shape index (κ2) is 6.91. The summed E-state index contributed by atoms with van der Waals surface area (Å²) >= 11 is 3.03. The van der Waals surface area contributed by atoms with Crippen LogP contribution < -0.4 is 10.1 Å². The van der Waals surface area contributed by atoms with Crippen LogP contribution in [-0.2, 0) is 6.61 Å². The van der Waals surface area contributed by atoms with Crippen molar-refractivity contribution < 1.29 is 14.6 Å². The number of anilines is 1. The third kappa shape index (κ3) is 3.42. The second-order valence-corrected chi connectivity index (χ2v) is 6.33. The first kappa shape index (κ1) is 15.7. The van der Waals surface area contributed by atoms with Crippen LogP contribution in [0.2, 0.25) is 0 Å². The van der Waals surface area contributed by atoms with Gasteiger partial charge >= 0.3 is 0 Å². The molecule has 0 aliphatic heterocycles. The molecule has 7 heteroatoms. The van der Waals surface area contributed by atoms with Crippen LogP contribution in [-0.4, -0.2) is 23.1 Å². The number of aliphatic hydroxyl groups is 1. The number of hydrogen-bond donors (Lipinski definition) is 2. The predicted octanol–water partition coefficient (Wildman–Crippen LogP) is 3.62. The summed E-state index contributed by atoms with van der Waals surface area (Å²) in [6.45, 7) is -0.161. The number of hydrogen-bond acceptors (Lipinski definition) is 6. The molecule has 0 spiro atoms. The van der Waals surface area contributed by atoms with Crippen LogP contribution in [0.15, 0.2) is 40.4 Å². The molecule has 0 fully saturated rings. The highest BCUT2D eigenvalue weighted by atomic mass is 32.1. The number of thiophene rings is 1. The summed E-state index contributed by atoms with van der Waals surface area (Å²) in [5.74, 6) is 0.302. The van der Waals surface area contributed by atoms with E-state index in [1.165, 1.54) is 18.4 Å². The Kier molecular flexibility index (Phi) is 4.71. The molecule has 5 nitrogen and oxygen atoms in total. The van der Waals surface area contributed by atoms with E-state index < -0.39 is 0 Å². The van der Waals surface area contributed by atoms with Crippen LogP contribution in [0.25, 0.3) is 10.6 Å². The van der Waals surface area contributed by atoms with Crippen molar-refractivity contribution >= 4 is 34.3 Å². The molecule has 0 radical (unpaired) electrons. The van der Waals surface area contributed by atoms with Gasteiger partial charge in [-0.3, -0.25) is 4.79 Å². The summed E-state index contributed by atoms with van der Waals surface area (Å²) in [6.07, 6.45) is 0. The molecule has 23 heavy (non-hydrogen) atoms. The van der Waals surface area contributed by atoms with Crippen LogP contribution in [0.4, 0.5) is 5.69 Å². The molecule has 0 saturated carbocycles. The first-order chi connectivity index (χ1) is 11.2. The fourth-order valence-electron chi connectivity index (χ4n) is 2.07. The van der Waals surface area contributed by atoms with Crippen LogP contribution >= 0.6 is 22.7 Å². The molecule has 0 unspecified atom stereocenters. The van der Waals surface area contributed by atoms with E-state index in [2.05, 4.69) is 10.3 Å². The largest absolute Gasteiger partial charge is 0.496 e. The van der Waals surface area contributed by atoms with E-state index in [1.807, 2.05) is 16.8 Å². The summed E-state index contributed by atoms with van der Waals surface area (Å²) in [5.41, 5.74) is 2.59. The van der Waals surface area contributed by atoms with E-state index >= 15 is 0 Å². The number of methoxy groups -OCH3 is 1. The minimum Gasteiger partial charge on any atom is -0.496 e. The van der Waals surface area contributed by atoms with E-state index in [-0.39, 0.29) is 12.5 Å². The monoisotopic (exact) mass is 346 g/mol. The number of carbonyl (C=O) groups excluding carboxylic acids is 1. The van der Waals surface area contributed by atoms with E-state index in [9.17, 15) is 9.90 Å². The van der Waals surface area contributed by atoms with E-state index in [4.69, 9.17) is 4.74 Å². The molecule has 1 amide bonds. The predicted molar refractivity (Wildman–Crippen MR) is 92.3 cm³/mol. The highest BCUT2D eigenvalue weighted by Crippen LogP contribution is 2.27. The van der Waals surface area contributed by atoms with E-state index in [1.54, 1.807) is 34.9 Å². The zero-order chi connectivity index (χ0) is 16.2. The molecule has 0 aliphatic carbocycles. The number of aliphatic hydroxyl groups excluding tert-OH is 1. The third-order valence-corrected chi connectivity index (χ3v) is 4.79. The Morgan fingerprint density at radius 3 is 2.91 bits per heavy atom. The molecule has 2 aromatic heterocycles. The number of aromatic nitrogens is 1. The van der Waals surface area contributed by atoms with Crippen molar-refractivity contribution in [2.75, 3.05) is 12.4 Å². The molecular weight excluding hydrogens is 332 g/mol. The van der Waals surface area contributed by atoms with Gasteiger partial charge in [0.05, 0.1) is 13.7 Å². The Balaban J connectivity index is 1.77. The Morgan fingerprint density at radius 2 is 2.22 bits per heavy atom. The Morgan fingerprint density at radius 1 is 1.35 bits per heavy atom. The highest BCUT2D eigenvalue weighted by Gasteiger charge is 2.13. The van der Waals surface area contributed by atoms with Crippen molar-refractivity contribution in [3.63, 3.8) is 0 Å². The van der Waals surface area contributed by atoms with Crippen molar-refractivity contribution in [3.05, 3.63) is 51.7 Å². The SMILES string of the molecule is COc1ccc(NC(=O)c2csc(-c3ccsc3)n2)cc1CO. The fraction of sp³-hybridized carbons (Fsp3) is 0.125. The van der Waals surface area contributed by atoms with Crippen molar-refractivity contribution in [1.29, 1.82) is 0 Å². The molecule has 0 aliphatic rings. The zero-order valence-electron chi connectivity index (χ0n) is 12.3. The van der Waals surface area contributed by atoms with Gasteiger partial charge in [-0.2, -0.15) is 11.3 Å². The summed E-state index contributed by atoms with van der Waals surface area (Å²) in [7, 11) is 1.54. The van der Waals surface area contributed by atoms with Crippen molar-refractivity contribution in [2.45, 2.75) is 6.61 Å². The van der Waals surface area contributed by atoms with Gasteiger partial charge in [0.2, 0.25) is 0 Å². The maximum Gasteiger partial charge on any atom is 0.275 e. The summed E-state index contributed by atoms with van der Waals surface area (Å²) in [6, 6.07) is 7.09. The number of amides is 1. The van der Waals surface area contributed by atoms with Gasteiger partial charge in [0.1, 0.15) is 16.5 Å². The lowest BCUT2D eigenvalue weighted by Crippen LogP contribution is -2.12. The topological polar surface area (TPSA) is 71.5 Å². The summed E-state index contributed by atoms with van der Waals surface area (Å²) in [4.78, 5) is 16.7. The summed E-state index contributed by atoms with van der Waals surface area (Å²) in [5, 5.41) is 18.6. The van der Waals surface area contributed by atoms with Crippen LogP contribution in [0.5, 0.6) is 5.75 Å². The lowest BCUT2D eigenvalue weighted by Gasteiger charge is -2.09. The number of carbonyl (C=O) groups is 1. The molecule has 3 aromatic rings. The average molecular weight is 346 g/mol. The van der Waals surface area contributed by atoms with Crippen molar-refractivity contribution in [3.8, 4) is 16.3 Å². The molecule has 0 saturated heterocycles. The van der Waals surface area contributed by atoms with Crippen molar-refractivity contribution in [2.24, 2.45) is 0 Å². The van der Waals surface area contributed by atoms with Gasteiger partial charge in [0, 0.05) is 27.6 Å². The number of benzene rings is 1. The molecule has 0 bridgehead atoms. The fourth-order valence-corrected chi connectivity index (χ4v) is 3.58. The molecule has 2 N–H and O–H groups in total.